The summed E-state index contributed by atoms with van der Waals surface area (Å²) < 4.78 is 5.38. The third kappa shape index (κ3) is 3.51. The van der Waals surface area contributed by atoms with E-state index in [1.807, 2.05) is 6.92 Å². The van der Waals surface area contributed by atoms with E-state index >= 15 is 0 Å². The van der Waals surface area contributed by atoms with E-state index in [2.05, 4.69) is 5.10 Å². The van der Waals surface area contributed by atoms with E-state index in [4.69, 9.17) is 16.3 Å². The Labute approximate surface area is 150 Å². The monoisotopic (exact) mass is 356 g/mol. The number of hydrogen-bond acceptors (Lipinski definition) is 4. The molecule has 1 aliphatic heterocycles. The lowest BCUT2D eigenvalue weighted by Crippen LogP contribution is -2.21. The number of ether oxygens (including phenoxy) is 1. The summed E-state index contributed by atoms with van der Waals surface area (Å²) in [5, 5.41) is 16.1. The van der Waals surface area contributed by atoms with Crippen LogP contribution in [0.3, 0.4) is 0 Å². The van der Waals surface area contributed by atoms with E-state index in [0.717, 1.165) is 5.56 Å². The molecule has 0 saturated carbocycles. The molecule has 0 bridgehead atoms. The number of aromatic hydroxyl groups is 1. The quantitative estimate of drug-likeness (QED) is 0.833. The van der Waals surface area contributed by atoms with Crippen LogP contribution in [-0.4, -0.2) is 23.3 Å². The van der Waals surface area contributed by atoms with Gasteiger partial charge in [-0.15, -0.1) is 0 Å². The summed E-state index contributed by atoms with van der Waals surface area (Å²) in [4.78, 5) is 12.7. The van der Waals surface area contributed by atoms with E-state index in [9.17, 15) is 9.90 Å². The van der Waals surface area contributed by atoms with Gasteiger partial charge in [-0.25, -0.2) is 0 Å². The second kappa shape index (κ2) is 6.99. The molecule has 1 N–H and O–H groups in total. The van der Waals surface area contributed by atoms with Gasteiger partial charge in [-0.1, -0.05) is 17.7 Å². The van der Waals surface area contributed by atoms with E-state index in [1.165, 1.54) is 5.01 Å². The van der Waals surface area contributed by atoms with Crippen molar-refractivity contribution in [1.29, 1.82) is 0 Å². The third-order valence-electron chi connectivity index (χ3n) is 3.73. The lowest BCUT2D eigenvalue weighted by atomic mass is 10.1. The van der Waals surface area contributed by atoms with Crippen molar-refractivity contribution >= 4 is 35.0 Å². The summed E-state index contributed by atoms with van der Waals surface area (Å²) in [7, 11) is 0. The molecule has 6 heteroatoms. The first-order chi connectivity index (χ1) is 12.0. The molecule has 25 heavy (non-hydrogen) atoms. The molecule has 128 valence electrons. The highest BCUT2D eigenvalue weighted by atomic mass is 35.5. The largest absolute Gasteiger partial charge is 0.504 e. The lowest BCUT2D eigenvalue weighted by molar-refractivity contribution is -0.114. The molecule has 0 aliphatic carbocycles. The van der Waals surface area contributed by atoms with Crippen molar-refractivity contribution in [2.24, 2.45) is 5.10 Å². The Balaban J connectivity index is 1.92. The van der Waals surface area contributed by atoms with E-state index in [-0.39, 0.29) is 11.7 Å². The maximum Gasteiger partial charge on any atom is 0.280 e. The molecule has 0 aromatic heterocycles. The standard InChI is InChI=1S/C19H17ClN2O3/c1-3-25-18-11-13(4-9-17(18)23)10-16-12(2)21-22(19(16)24)15-7-5-14(20)6-8-15/h4-11,23H,3H2,1-2H3/b16-10-. The number of carbonyl (C=O) groups is 1. The van der Waals surface area contributed by atoms with E-state index < -0.39 is 0 Å². The molecule has 0 atom stereocenters. The number of rotatable bonds is 4. The molecule has 1 amide bonds. The molecule has 3 rings (SSSR count). The number of anilines is 1. The van der Waals surface area contributed by atoms with Crippen molar-refractivity contribution in [3.8, 4) is 11.5 Å². The van der Waals surface area contributed by atoms with Crippen LogP contribution < -0.4 is 9.75 Å². The van der Waals surface area contributed by atoms with Gasteiger partial charge < -0.3 is 9.84 Å². The molecule has 5 nitrogen and oxygen atoms in total. The second-order valence-corrected chi connectivity index (χ2v) is 5.93. The summed E-state index contributed by atoms with van der Waals surface area (Å²) >= 11 is 5.89. The van der Waals surface area contributed by atoms with E-state index in [1.54, 1.807) is 55.5 Å². The van der Waals surface area contributed by atoms with Gasteiger partial charge >= 0.3 is 0 Å². The van der Waals surface area contributed by atoms with Crippen molar-refractivity contribution < 1.29 is 14.6 Å². The van der Waals surface area contributed by atoms with Crippen molar-refractivity contribution in [3.05, 3.63) is 58.6 Å². The Morgan fingerprint density at radius 1 is 1.24 bits per heavy atom. The Morgan fingerprint density at radius 3 is 2.64 bits per heavy atom. The minimum atomic E-state index is -0.217. The van der Waals surface area contributed by atoms with Crippen molar-refractivity contribution in [2.45, 2.75) is 13.8 Å². The summed E-state index contributed by atoms with van der Waals surface area (Å²) in [6.45, 7) is 4.06. The van der Waals surface area contributed by atoms with E-state index in [0.29, 0.717) is 34.4 Å². The number of phenolic OH excluding ortho intramolecular Hbond substituents is 1. The molecule has 0 radical (unpaired) electrons. The number of carbonyl (C=O) groups excluding carboxylic acids is 1. The fraction of sp³-hybridized carbons (Fsp3) is 0.158. The minimum Gasteiger partial charge on any atom is -0.504 e. The number of amides is 1. The predicted molar refractivity (Wildman–Crippen MR) is 99.3 cm³/mol. The minimum absolute atomic E-state index is 0.0647. The highest BCUT2D eigenvalue weighted by molar-refractivity contribution is 6.32. The van der Waals surface area contributed by atoms with Crippen LogP contribution in [0, 0.1) is 0 Å². The number of halogens is 1. The second-order valence-electron chi connectivity index (χ2n) is 5.50. The van der Waals surface area contributed by atoms with Gasteiger partial charge in [0.15, 0.2) is 11.5 Å². The van der Waals surface area contributed by atoms with Gasteiger partial charge in [0, 0.05) is 5.02 Å². The van der Waals surface area contributed by atoms with Crippen LogP contribution in [0.25, 0.3) is 6.08 Å². The van der Waals surface area contributed by atoms with Crippen LogP contribution >= 0.6 is 11.6 Å². The van der Waals surface area contributed by atoms with Gasteiger partial charge in [0.05, 0.1) is 23.6 Å². The average molecular weight is 357 g/mol. The number of benzene rings is 2. The smallest absolute Gasteiger partial charge is 0.280 e. The summed E-state index contributed by atoms with van der Waals surface area (Å²) in [6, 6.07) is 11.9. The zero-order valence-corrected chi connectivity index (χ0v) is 14.6. The van der Waals surface area contributed by atoms with Crippen LogP contribution in [0.2, 0.25) is 5.02 Å². The Kier molecular flexibility index (Phi) is 4.76. The predicted octanol–water partition coefficient (Wildman–Crippen LogP) is 4.25. The first-order valence-electron chi connectivity index (χ1n) is 7.82. The first-order valence-corrected chi connectivity index (χ1v) is 8.20. The Bertz CT molecular complexity index is 873. The lowest BCUT2D eigenvalue weighted by Gasteiger charge is -2.11. The van der Waals surface area contributed by atoms with Crippen LogP contribution in [-0.2, 0) is 4.79 Å². The molecular formula is C19H17ClN2O3. The normalized spacial score (nSPS) is 15.6. The Hall–Kier alpha value is -2.79. The van der Waals surface area contributed by atoms with Gasteiger partial charge in [-0.3, -0.25) is 4.79 Å². The van der Waals surface area contributed by atoms with Gasteiger partial charge in [0.2, 0.25) is 0 Å². The molecule has 0 fully saturated rings. The van der Waals surface area contributed by atoms with Crippen molar-refractivity contribution in [2.75, 3.05) is 11.6 Å². The molecule has 0 unspecified atom stereocenters. The van der Waals surface area contributed by atoms with Crippen LogP contribution in [0.4, 0.5) is 5.69 Å². The fourth-order valence-corrected chi connectivity index (χ4v) is 2.63. The number of phenols is 1. The maximum atomic E-state index is 12.7. The highest BCUT2D eigenvalue weighted by Gasteiger charge is 2.28. The maximum absolute atomic E-state index is 12.7. The zero-order chi connectivity index (χ0) is 18.0. The van der Waals surface area contributed by atoms with Crippen molar-refractivity contribution in [1.82, 2.24) is 0 Å². The van der Waals surface area contributed by atoms with Crippen LogP contribution in [0.15, 0.2) is 53.1 Å². The molecule has 1 aliphatic rings. The SMILES string of the molecule is CCOc1cc(/C=C2\C(=O)N(c3ccc(Cl)cc3)N=C2C)ccc1O. The zero-order valence-electron chi connectivity index (χ0n) is 13.9. The summed E-state index contributed by atoms with van der Waals surface area (Å²) in [5.74, 6) is 0.229. The molecular weight excluding hydrogens is 340 g/mol. The summed E-state index contributed by atoms with van der Waals surface area (Å²) in [6.07, 6.45) is 1.74. The van der Waals surface area contributed by atoms with Crippen molar-refractivity contribution in [3.63, 3.8) is 0 Å². The Morgan fingerprint density at radius 2 is 1.96 bits per heavy atom. The number of nitrogens with zero attached hydrogens (tertiary/aromatic N) is 2. The highest BCUT2D eigenvalue weighted by Crippen LogP contribution is 2.30. The van der Waals surface area contributed by atoms with Gasteiger partial charge in [-0.05, 0) is 61.9 Å². The number of hydrazone groups is 1. The average Bonchev–Trinajstić information content (AvgIpc) is 2.87. The molecule has 0 saturated heterocycles. The van der Waals surface area contributed by atoms with Crippen LogP contribution in [0.1, 0.15) is 19.4 Å². The summed E-state index contributed by atoms with van der Waals surface area (Å²) in [5.41, 5.74) is 2.50. The van der Waals surface area contributed by atoms with Gasteiger partial charge in [-0.2, -0.15) is 10.1 Å². The topological polar surface area (TPSA) is 62.1 Å². The molecule has 1 heterocycles. The molecule has 2 aromatic carbocycles. The fourth-order valence-electron chi connectivity index (χ4n) is 2.50. The first kappa shape index (κ1) is 17.0. The molecule has 0 spiro atoms. The van der Waals surface area contributed by atoms with Gasteiger partial charge in [0.25, 0.3) is 5.91 Å². The number of hydrogen-bond donors (Lipinski definition) is 1. The third-order valence-corrected chi connectivity index (χ3v) is 3.98. The van der Waals surface area contributed by atoms with Crippen LogP contribution in [0.5, 0.6) is 11.5 Å². The van der Waals surface area contributed by atoms with Gasteiger partial charge in [0.1, 0.15) is 0 Å². The molecule has 2 aromatic rings.